The molecule has 1 aromatic rings. The normalized spacial score (nSPS) is 22.1. The number of methoxy groups -OCH3 is 1. The van der Waals surface area contributed by atoms with Crippen LogP contribution in [0.15, 0.2) is 18.2 Å². The third-order valence-electron chi connectivity index (χ3n) is 3.69. The van der Waals surface area contributed by atoms with Gasteiger partial charge in [0.05, 0.1) is 19.3 Å². The van der Waals surface area contributed by atoms with E-state index >= 15 is 0 Å². The molecule has 1 saturated heterocycles. The highest BCUT2D eigenvalue weighted by Gasteiger charge is 2.46. The van der Waals surface area contributed by atoms with Crippen LogP contribution in [0.4, 0.5) is 10.5 Å². The molecule has 0 spiro atoms. The van der Waals surface area contributed by atoms with E-state index < -0.39 is 5.54 Å². The van der Waals surface area contributed by atoms with Crippen LogP contribution in [0.2, 0.25) is 0 Å². The highest BCUT2D eigenvalue weighted by Crippen LogP contribution is 2.26. The van der Waals surface area contributed by atoms with E-state index in [4.69, 9.17) is 10.5 Å². The number of nitrogen functional groups attached to an aromatic ring is 1. The molecule has 1 fully saturated rings. The fourth-order valence-corrected chi connectivity index (χ4v) is 2.20. The van der Waals surface area contributed by atoms with Gasteiger partial charge in [-0.15, -0.1) is 0 Å². The van der Waals surface area contributed by atoms with Gasteiger partial charge in [0.15, 0.2) is 0 Å². The van der Waals surface area contributed by atoms with E-state index in [1.165, 1.54) is 12.0 Å². The number of benzene rings is 1. The van der Waals surface area contributed by atoms with Crippen LogP contribution in [0.5, 0.6) is 5.75 Å². The van der Waals surface area contributed by atoms with Crippen molar-refractivity contribution in [3.8, 4) is 5.75 Å². The largest absolute Gasteiger partial charge is 0.495 e. The highest BCUT2D eigenvalue weighted by atomic mass is 16.5. The molecule has 20 heavy (non-hydrogen) atoms. The first kappa shape index (κ1) is 14.2. The summed E-state index contributed by atoms with van der Waals surface area (Å²) in [6, 6.07) is 4.86. The molecule has 6 heteroatoms. The van der Waals surface area contributed by atoms with E-state index in [0.29, 0.717) is 17.9 Å². The molecule has 1 heterocycles. The third kappa shape index (κ3) is 2.29. The Morgan fingerprint density at radius 1 is 1.40 bits per heavy atom. The van der Waals surface area contributed by atoms with Crippen molar-refractivity contribution >= 4 is 17.6 Å². The zero-order valence-electron chi connectivity index (χ0n) is 11.9. The Labute approximate surface area is 117 Å². The molecule has 0 aliphatic carbocycles. The van der Waals surface area contributed by atoms with E-state index in [1.807, 2.05) is 6.92 Å². The highest BCUT2D eigenvalue weighted by molar-refractivity contribution is 6.06. The minimum atomic E-state index is -0.810. The lowest BCUT2D eigenvalue weighted by atomic mass is 9.99. The standard InChI is InChI=1S/C14H19N3O3/c1-4-14(2)12(18)17(13(19)16-14)8-9-5-6-11(20-3)10(15)7-9/h5-7H,4,8,15H2,1-3H3,(H,16,19). The zero-order chi connectivity index (χ0) is 14.9. The van der Waals surface area contributed by atoms with Gasteiger partial charge < -0.3 is 15.8 Å². The molecule has 1 aromatic carbocycles. The second-order valence-electron chi connectivity index (χ2n) is 5.08. The van der Waals surface area contributed by atoms with E-state index in [1.54, 1.807) is 25.1 Å². The summed E-state index contributed by atoms with van der Waals surface area (Å²) in [6.07, 6.45) is 0.554. The molecule has 3 amide bonds. The van der Waals surface area contributed by atoms with Gasteiger partial charge in [0, 0.05) is 0 Å². The van der Waals surface area contributed by atoms with Gasteiger partial charge in [0.2, 0.25) is 0 Å². The van der Waals surface area contributed by atoms with Crippen LogP contribution in [-0.4, -0.2) is 29.5 Å². The Bertz CT molecular complexity index is 559. The van der Waals surface area contributed by atoms with Crippen LogP contribution in [0.3, 0.4) is 0 Å². The first-order chi connectivity index (χ1) is 9.41. The smallest absolute Gasteiger partial charge is 0.325 e. The van der Waals surface area contributed by atoms with Crippen LogP contribution >= 0.6 is 0 Å². The van der Waals surface area contributed by atoms with Crippen molar-refractivity contribution in [1.82, 2.24) is 10.2 Å². The van der Waals surface area contributed by atoms with Gasteiger partial charge in [-0.25, -0.2) is 4.79 Å². The van der Waals surface area contributed by atoms with Gasteiger partial charge in [-0.05, 0) is 31.0 Å². The number of imide groups is 1. The molecule has 1 aliphatic heterocycles. The average molecular weight is 277 g/mol. The summed E-state index contributed by atoms with van der Waals surface area (Å²) in [6.45, 7) is 3.80. The maximum Gasteiger partial charge on any atom is 0.325 e. The van der Waals surface area contributed by atoms with Gasteiger partial charge in [-0.2, -0.15) is 0 Å². The Morgan fingerprint density at radius 3 is 2.60 bits per heavy atom. The van der Waals surface area contributed by atoms with E-state index in [9.17, 15) is 9.59 Å². The molecule has 3 N–H and O–H groups in total. The molecule has 1 atom stereocenters. The van der Waals surface area contributed by atoms with Gasteiger partial charge >= 0.3 is 6.03 Å². The Kier molecular flexibility index (Phi) is 3.57. The summed E-state index contributed by atoms with van der Waals surface area (Å²) >= 11 is 0. The van der Waals surface area contributed by atoms with Crippen molar-refractivity contribution < 1.29 is 14.3 Å². The fourth-order valence-electron chi connectivity index (χ4n) is 2.20. The lowest BCUT2D eigenvalue weighted by Crippen LogP contribution is -2.43. The van der Waals surface area contributed by atoms with Gasteiger partial charge in [-0.3, -0.25) is 9.69 Å². The van der Waals surface area contributed by atoms with Crippen molar-refractivity contribution in [1.29, 1.82) is 0 Å². The number of anilines is 1. The molecule has 0 radical (unpaired) electrons. The maximum absolute atomic E-state index is 12.3. The Morgan fingerprint density at radius 2 is 2.10 bits per heavy atom. The van der Waals surface area contributed by atoms with Gasteiger partial charge in [0.1, 0.15) is 11.3 Å². The van der Waals surface area contributed by atoms with Crippen molar-refractivity contribution in [2.75, 3.05) is 12.8 Å². The molecule has 6 nitrogen and oxygen atoms in total. The van der Waals surface area contributed by atoms with Crippen LogP contribution in [0.25, 0.3) is 0 Å². The number of carbonyl (C=O) groups is 2. The minimum absolute atomic E-state index is 0.203. The number of nitrogens with two attached hydrogens (primary N) is 1. The van der Waals surface area contributed by atoms with Crippen molar-refractivity contribution in [2.24, 2.45) is 0 Å². The predicted octanol–water partition coefficient (Wildman–Crippen LogP) is 1.50. The second-order valence-corrected chi connectivity index (χ2v) is 5.08. The number of ether oxygens (including phenoxy) is 1. The fraction of sp³-hybridized carbons (Fsp3) is 0.429. The van der Waals surface area contributed by atoms with E-state index in [0.717, 1.165) is 5.56 Å². The van der Waals surface area contributed by atoms with Crippen molar-refractivity contribution in [2.45, 2.75) is 32.4 Å². The van der Waals surface area contributed by atoms with E-state index in [2.05, 4.69) is 5.32 Å². The molecule has 1 unspecified atom stereocenters. The minimum Gasteiger partial charge on any atom is -0.495 e. The third-order valence-corrected chi connectivity index (χ3v) is 3.69. The number of rotatable bonds is 4. The van der Waals surface area contributed by atoms with Crippen molar-refractivity contribution in [3.05, 3.63) is 23.8 Å². The number of hydrogen-bond acceptors (Lipinski definition) is 4. The Balaban J connectivity index is 2.20. The maximum atomic E-state index is 12.3. The number of hydrogen-bond donors (Lipinski definition) is 2. The summed E-state index contributed by atoms with van der Waals surface area (Å²) in [4.78, 5) is 25.4. The average Bonchev–Trinajstić information content (AvgIpc) is 2.63. The number of nitrogens with one attached hydrogen (secondary N) is 1. The van der Waals surface area contributed by atoms with Crippen LogP contribution in [-0.2, 0) is 11.3 Å². The lowest BCUT2D eigenvalue weighted by molar-refractivity contribution is -0.131. The first-order valence-corrected chi connectivity index (χ1v) is 6.47. The van der Waals surface area contributed by atoms with Crippen molar-refractivity contribution in [3.63, 3.8) is 0 Å². The summed E-state index contributed by atoms with van der Waals surface area (Å²) < 4.78 is 5.08. The molecule has 108 valence electrons. The SMILES string of the molecule is CCC1(C)NC(=O)N(Cc2ccc(OC)c(N)c2)C1=O. The predicted molar refractivity (Wildman–Crippen MR) is 75.2 cm³/mol. The quantitative estimate of drug-likeness (QED) is 0.645. The summed E-state index contributed by atoms with van der Waals surface area (Å²) in [5, 5.41) is 2.72. The Hall–Kier alpha value is -2.24. The molecule has 0 bridgehead atoms. The molecular formula is C14H19N3O3. The monoisotopic (exact) mass is 277 g/mol. The van der Waals surface area contributed by atoms with Gasteiger partial charge in [-0.1, -0.05) is 13.0 Å². The first-order valence-electron chi connectivity index (χ1n) is 6.47. The zero-order valence-corrected chi connectivity index (χ0v) is 11.9. The van der Waals surface area contributed by atoms with Crippen LogP contribution in [0.1, 0.15) is 25.8 Å². The number of nitrogens with zero attached hydrogens (tertiary/aromatic N) is 1. The summed E-state index contributed by atoms with van der Waals surface area (Å²) in [5.74, 6) is 0.365. The molecule has 0 aromatic heterocycles. The van der Waals surface area contributed by atoms with E-state index in [-0.39, 0.29) is 18.5 Å². The molecular weight excluding hydrogens is 258 g/mol. The summed E-state index contributed by atoms with van der Waals surface area (Å²) in [5.41, 5.74) is 6.28. The lowest BCUT2D eigenvalue weighted by Gasteiger charge is -2.19. The molecule has 1 aliphatic rings. The summed E-state index contributed by atoms with van der Waals surface area (Å²) in [7, 11) is 1.54. The molecule has 2 rings (SSSR count). The molecule has 0 saturated carbocycles. The van der Waals surface area contributed by atoms with Gasteiger partial charge in [0.25, 0.3) is 5.91 Å². The van der Waals surface area contributed by atoms with Crippen LogP contribution < -0.4 is 15.8 Å². The number of carbonyl (C=O) groups excluding carboxylic acids is 2. The second kappa shape index (κ2) is 5.03. The topological polar surface area (TPSA) is 84.7 Å². The van der Waals surface area contributed by atoms with Crippen LogP contribution in [0, 0.1) is 0 Å². The number of amides is 3. The number of urea groups is 1.